The monoisotopic (exact) mass is 143 g/mol. The van der Waals surface area contributed by atoms with Crippen molar-refractivity contribution in [2.24, 2.45) is 0 Å². The average Bonchev–Trinajstić information content (AvgIpc) is 2.31. The number of nitrogens with zero attached hydrogens (tertiary/aromatic N) is 2. The van der Waals surface area contributed by atoms with Gasteiger partial charge in [0.25, 0.3) is 0 Å². The fourth-order valence-corrected chi connectivity index (χ4v) is 1.12. The van der Waals surface area contributed by atoms with Gasteiger partial charge in [0, 0.05) is 26.7 Å². The molecular formula is C7H17N3. The zero-order chi connectivity index (χ0) is 7.40. The highest BCUT2D eigenvalue weighted by molar-refractivity contribution is 4.59. The van der Waals surface area contributed by atoms with Crippen LogP contribution in [-0.4, -0.2) is 36.7 Å². The molecule has 0 radical (unpaired) electrons. The van der Waals surface area contributed by atoms with Crippen molar-refractivity contribution in [1.29, 1.82) is 0 Å². The molecule has 0 aromatic carbocycles. The Morgan fingerprint density at radius 3 is 2.70 bits per heavy atom. The fraction of sp³-hybridized carbons (Fsp3) is 1.00. The van der Waals surface area contributed by atoms with Gasteiger partial charge in [0.2, 0.25) is 0 Å². The number of rotatable bonds is 3. The molecule has 0 atom stereocenters. The molecule has 1 N–H and O–H groups in total. The second kappa shape index (κ2) is 3.91. The van der Waals surface area contributed by atoms with E-state index in [0.29, 0.717) is 0 Å². The average molecular weight is 143 g/mol. The summed E-state index contributed by atoms with van der Waals surface area (Å²) >= 11 is 0. The summed E-state index contributed by atoms with van der Waals surface area (Å²) in [5, 5.41) is 4.39. The third-order valence-electron chi connectivity index (χ3n) is 1.80. The Morgan fingerprint density at radius 1 is 1.40 bits per heavy atom. The maximum absolute atomic E-state index is 3.26. The highest BCUT2D eigenvalue weighted by atomic mass is 15.8. The van der Waals surface area contributed by atoms with Crippen LogP contribution in [0.3, 0.4) is 0 Å². The van der Waals surface area contributed by atoms with Gasteiger partial charge in [0.05, 0.1) is 0 Å². The van der Waals surface area contributed by atoms with E-state index < -0.39 is 0 Å². The summed E-state index contributed by atoms with van der Waals surface area (Å²) in [4.78, 5) is 0. The van der Waals surface area contributed by atoms with Gasteiger partial charge in [0.1, 0.15) is 0 Å². The smallest absolute Gasteiger partial charge is 0.0286 e. The van der Waals surface area contributed by atoms with E-state index in [1.54, 1.807) is 0 Å². The lowest BCUT2D eigenvalue weighted by Gasteiger charge is -2.15. The molecule has 10 heavy (non-hydrogen) atoms. The Balaban J connectivity index is 2.06. The van der Waals surface area contributed by atoms with Crippen molar-refractivity contribution in [3.8, 4) is 0 Å². The maximum atomic E-state index is 3.26. The van der Waals surface area contributed by atoms with Crippen LogP contribution in [0.2, 0.25) is 0 Å². The van der Waals surface area contributed by atoms with Gasteiger partial charge in [-0.1, -0.05) is 13.3 Å². The first kappa shape index (κ1) is 7.98. The second-order valence-electron chi connectivity index (χ2n) is 2.86. The van der Waals surface area contributed by atoms with E-state index >= 15 is 0 Å². The molecule has 1 aliphatic rings. The minimum absolute atomic E-state index is 1.14. The van der Waals surface area contributed by atoms with Crippen LogP contribution in [0, 0.1) is 0 Å². The Hall–Kier alpha value is -0.120. The Bertz CT molecular complexity index is 94.9. The standard InChI is InChI=1S/C7H17N3/c1-3-4-5-10-7-6-9(2)8-10/h8H,3-7H2,1-2H3. The molecule has 0 amide bonds. The van der Waals surface area contributed by atoms with Crippen LogP contribution in [-0.2, 0) is 0 Å². The molecule has 3 heteroatoms. The lowest BCUT2D eigenvalue weighted by Crippen LogP contribution is -2.37. The zero-order valence-electron chi connectivity index (χ0n) is 6.93. The number of likely N-dealkylation sites (N-methyl/N-ethyl adjacent to an activating group) is 1. The van der Waals surface area contributed by atoms with E-state index in [4.69, 9.17) is 0 Å². The molecule has 1 rings (SSSR count). The lowest BCUT2D eigenvalue weighted by atomic mass is 10.3. The molecule has 0 aliphatic carbocycles. The third kappa shape index (κ3) is 2.25. The van der Waals surface area contributed by atoms with Crippen molar-refractivity contribution < 1.29 is 0 Å². The van der Waals surface area contributed by atoms with Gasteiger partial charge < -0.3 is 0 Å². The van der Waals surface area contributed by atoms with E-state index in [2.05, 4.69) is 29.5 Å². The molecule has 0 aromatic heterocycles. The summed E-state index contributed by atoms with van der Waals surface area (Å²) < 4.78 is 0. The summed E-state index contributed by atoms with van der Waals surface area (Å²) in [7, 11) is 2.08. The molecular weight excluding hydrogens is 126 g/mol. The number of hydrazine groups is 2. The predicted octanol–water partition coefficient (Wildman–Crippen LogP) is 0.454. The normalized spacial score (nSPS) is 22.2. The summed E-state index contributed by atoms with van der Waals surface area (Å²) in [6.07, 6.45) is 2.57. The molecule has 1 saturated heterocycles. The van der Waals surface area contributed by atoms with Crippen LogP contribution in [0.4, 0.5) is 0 Å². The van der Waals surface area contributed by atoms with Gasteiger partial charge in [0.15, 0.2) is 0 Å². The van der Waals surface area contributed by atoms with Crippen LogP contribution in [0.1, 0.15) is 19.8 Å². The van der Waals surface area contributed by atoms with E-state index in [1.165, 1.54) is 19.4 Å². The third-order valence-corrected chi connectivity index (χ3v) is 1.80. The Labute approximate surface area is 62.9 Å². The van der Waals surface area contributed by atoms with Gasteiger partial charge >= 0.3 is 0 Å². The molecule has 1 aliphatic heterocycles. The number of hydrogen-bond acceptors (Lipinski definition) is 3. The topological polar surface area (TPSA) is 18.5 Å². The Morgan fingerprint density at radius 2 is 2.20 bits per heavy atom. The number of unbranched alkanes of at least 4 members (excludes halogenated alkanes) is 1. The molecule has 0 aromatic rings. The quantitative estimate of drug-likeness (QED) is 0.619. The summed E-state index contributed by atoms with van der Waals surface area (Å²) in [5.41, 5.74) is 3.26. The number of hydrogen-bond donors (Lipinski definition) is 1. The Kier molecular flexibility index (Phi) is 3.12. The van der Waals surface area contributed by atoms with E-state index in [-0.39, 0.29) is 0 Å². The van der Waals surface area contributed by atoms with Crippen molar-refractivity contribution >= 4 is 0 Å². The first-order chi connectivity index (χ1) is 4.83. The highest BCUT2D eigenvalue weighted by Crippen LogP contribution is 1.97. The van der Waals surface area contributed by atoms with Gasteiger partial charge in [-0.15, -0.1) is 0 Å². The van der Waals surface area contributed by atoms with Crippen molar-refractivity contribution in [3.63, 3.8) is 0 Å². The van der Waals surface area contributed by atoms with Crippen LogP contribution in [0.25, 0.3) is 0 Å². The predicted molar refractivity (Wildman–Crippen MR) is 42.2 cm³/mol. The van der Waals surface area contributed by atoms with Crippen molar-refractivity contribution in [3.05, 3.63) is 0 Å². The molecule has 1 fully saturated rings. The van der Waals surface area contributed by atoms with Gasteiger partial charge in [-0.05, 0) is 6.42 Å². The van der Waals surface area contributed by atoms with Crippen molar-refractivity contribution in [2.45, 2.75) is 19.8 Å². The molecule has 0 unspecified atom stereocenters. The number of nitrogens with one attached hydrogen (secondary N) is 1. The van der Waals surface area contributed by atoms with Gasteiger partial charge in [-0.25, -0.2) is 10.0 Å². The van der Waals surface area contributed by atoms with Gasteiger partial charge in [-0.2, -0.15) is 5.53 Å². The summed E-state index contributed by atoms with van der Waals surface area (Å²) in [6, 6.07) is 0. The molecule has 3 nitrogen and oxygen atoms in total. The lowest BCUT2D eigenvalue weighted by molar-refractivity contribution is 0.142. The molecule has 0 saturated carbocycles. The van der Waals surface area contributed by atoms with Crippen LogP contribution in [0.15, 0.2) is 0 Å². The minimum atomic E-state index is 1.14. The molecule has 1 heterocycles. The minimum Gasteiger partial charge on any atom is -0.232 e. The van der Waals surface area contributed by atoms with Crippen LogP contribution >= 0.6 is 0 Å². The summed E-state index contributed by atoms with van der Waals surface area (Å²) in [5.74, 6) is 0. The first-order valence-electron chi connectivity index (χ1n) is 4.05. The molecule has 0 spiro atoms. The fourth-order valence-electron chi connectivity index (χ4n) is 1.12. The zero-order valence-corrected chi connectivity index (χ0v) is 6.93. The maximum Gasteiger partial charge on any atom is 0.0286 e. The molecule has 60 valence electrons. The summed E-state index contributed by atoms with van der Waals surface area (Å²) in [6.45, 7) is 5.71. The van der Waals surface area contributed by atoms with Crippen LogP contribution in [0.5, 0.6) is 0 Å². The van der Waals surface area contributed by atoms with Gasteiger partial charge in [-0.3, -0.25) is 0 Å². The SMILES string of the molecule is CCCCN1CCN(C)N1. The first-order valence-corrected chi connectivity index (χ1v) is 4.05. The van der Waals surface area contributed by atoms with E-state index in [0.717, 1.165) is 13.1 Å². The second-order valence-corrected chi connectivity index (χ2v) is 2.86. The van der Waals surface area contributed by atoms with Crippen LogP contribution < -0.4 is 5.53 Å². The highest BCUT2D eigenvalue weighted by Gasteiger charge is 2.13. The van der Waals surface area contributed by atoms with Crippen molar-refractivity contribution in [2.75, 3.05) is 26.7 Å². The molecule has 0 bridgehead atoms. The van der Waals surface area contributed by atoms with E-state index in [1.807, 2.05) is 0 Å². The van der Waals surface area contributed by atoms with E-state index in [9.17, 15) is 0 Å². The largest absolute Gasteiger partial charge is 0.232 e. The van der Waals surface area contributed by atoms with Crippen molar-refractivity contribution in [1.82, 2.24) is 15.6 Å².